The normalized spacial score (nSPS) is 43.0. The number of carboxylic acid groups (broad SMARTS) is 1. The number of carbonyl (C=O) groups excluding carboxylic acids is 1. The maximum Gasteiger partial charge on any atom is 0.306 e. The van der Waals surface area contributed by atoms with E-state index in [0.29, 0.717) is 24.0 Å². The van der Waals surface area contributed by atoms with Crippen LogP contribution in [0.25, 0.3) is 0 Å². The fraction of sp³-hybridized carbons (Fsp3) is 0.920. The number of rotatable bonds is 6. The van der Waals surface area contributed by atoms with Crippen molar-refractivity contribution in [3.63, 3.8) is 0 Å². The molecule has 182 valence electrons. The van der Waals surface area contributed by atoms with Crippen LogP contribution in [-0.2, 0) is 14.3 Å². The lowest BCUT2D eigenvalue weighted by atomic mass is 9.60. The Hall–Kier alpha value is -0.790. The number of carbonyl (C=O) groups is 2. The van der Waals surface area contributed by atoms with Gasteiger partial charge in [-0.15, -0.1) is 11.8 Å². The van der Waals surface area contributed by atoms with Crippen LogP contribution in [0, 0.1) is 35.5 Å². The maximum absolute atomic E-state index is 13.5. The third kappa shape index (κ3) is 5.47. The van der Waals surface area contributed by atoms with Gasteiger partial charge in [0.2, 0.25) is 5.91 Å². The zero-order chi connectivity index (χ0) is 22.7. The van der Waals surface area contributed by atoms with E-state index in [9.17, 15) is 14.7 Å². The third-order valence-corrected chi connectivity index (χ3v) is 10.1. The highest BCUT2D eigenvalue weighted by Gasteiger charge is 2.46. The summed E-state index contributed by atoms with van der Waals surface area (Å²) in [4.78, 5) is 25.4. The molecule has 3 N–H and O–H groups in total. The molecule has 1 heterocycles. The molecular weight excluding hydrogens is 424 g/mol. The van der Waals surface area contributed by atoms with Crippen LogP contribution in [0.5, 0.6) is 0 Å². The Labute approximate surface area is 197 Å². The Bertz CT molecular complexity index is 654. The van der Waals surface area contributed by atoms with Gasteiger partial charge in [0.1, 0.15) is 5.50 Å². The average Bonchev–Trinajstić information content (AvgIpc) is 3.27. The van der Waals surface area contributed by atoms with Crippen LogP contribution in [0.1, 0.15) is 77.6 Å². The molecule has 32 heavy (non-hydrogen) atoms. The van der Waals surface area contributed by atoms with Gasteiger partial charge in [-0.25, -0.2) is 0 Å². The van der Waals surface area contributed by atoms with Gasteiger partial charge >= 0.3 is 5.97 Å². The van der Waals surface area contributed by atoms with E-state index in [-0.39, 0.29) is 35.1 Å². The summed E-state index contributed by atoms with van der Waals surface area (Å²) in [6, 6.07) is 0.457. The van der Waals surface area contributed by atoms with Gasteiger partial charge in [0.25, 0.3) is 0 Å². The van der Waals surface area contributed by atoms with E-state index >= 15 is 0 Å². The molecule has 4 fully saturated rings. The minimum Gasteiger partial charge on any atom is -0.481 e. The quantitative estimate of drug-likeness (QED) is 0.543. The number of methoxy groups -OCH3 is 1. The van der Waals surface area contributed by atoms with Gasteiger partial charge in [-0.05, 0) is 68.6 Å². The Morgan fingerprint density at radius 2 is 1.69 bits per heavy atom. The van der Waals surface area contributed by atoms with Crippen LogP contribution in [0.4, 0.5) is 0 Å². The zero-order valence-corrected chi connectivity index (χ0v) is 20.6. The second-order valence-electron chi connectivity index (χ2n) is 10.8. The maximum atomic E-state index is 13.5. The van der Waals surface area contributed by atoms with Crippen molar-refractivity contribution < 1.29 is 19.4 Å². The highest BCUT2D eigenvalue weighted by atomic mass is 32.2. The summed E-state index contributed by atoms with van der Waals surface area (Å²) in [7, 11) is 1.81. The van der Waals surface area contributed by atoms with Gasteiger partial charge in [-0.1, -0.05) is 32.6 Å². The fourth-order valence-electron chi connectivity index (χ4n) is 7.20. The topological polar surface area (TPSA) is 87.7 Å². The smallest absolute Gasteiger partial charge is 0.306 e. The Morgan fingerprint density at radius 1 is 0.969 bits per heavy atom. The van der Waals surface area contributed by atoms with E-state index in [1.54, 1.807) is 0 Å². The van der Waals surface area contributed by atoms with Crippen molar-refractivity contribution in [2.75, 3.05) is 12.9 Å². The van der Waals surface area contributed by atoms with E-state index in [4.69, 9.17) is 4.74 Å². The van der Waals surface area contributed by atoms with E-state index < -0.39 is 5.97 Å². The number of nitrogens with one attached hydrogen (secondary N) is 2. The second kappa shape index (κ2) is 11.1. The molecule has 3 saturated carbocycles. The van der Waals surface area contributed by atoms with Crippen LogP contribution in [-0.4, -0.2) is 47.5 Å². The first-order valence-electron chi connectivity index (χ1n) is 12.9. The van der Waals surface area contributed by atoms with Crippen molar-refractivity contribution >= 4 is 23.6 Å². The minimum atomic E-state index is -0.661. The first-order chi connectivity index (χ1) is 15.5. The number of carboxylic acids is 1. The lowest BCUT2D eigenvalue weighted by molar-refractivity contribution is -0.149. The van der Waals surface area contributed by atoms with Crippen LogP contribution in [0.15, 0.2) is 0 Å². The van der Waals surface area contributed by atoms with Crippen LogP contribution in [0.3, 0.4) is 0 Å². The van der Waals surface area contributed by atoms with E-state index in [0.717, 1.165) is 63.5 Å². The molecule has 0 aromatic rings. The molecule has 1 saturated heterocycles. The molecule has 0 spiro atoms. The molecule has 1 amide bonds. The zero-order valence-electron chi connectivity index (χ0n) is 19.8. The summed E-state index contributed by atoms with van der Waals surface area (Å²) < 4.78 is 5.51. The van der Waals surface area contributed by atoms with Gasteiger partial charge in [0.15, 0.2) is 0 Å². The fourth-order valence-corrected chi connectivity index (χ4v) is 8.44. The van der Waals surface area contributed by atoms with Crippen molar-refractivity contribution in [3.05, 3.63) is 0 Å². The molecule has 4 rings (SSSR count). The molecule has 0 radical (unpaired) electrons. The van der Waals surface area contributed by atoms with Crippen molar-refractivity contribution in [2.24, 2.45) is 35.5 Å². The number of hydrogen-bond donors (Lipinski definition) is 3. The van der Waals surface area contributed by atoms with Crippen molar-refractivity contribution in [1.29, 1.82) is 0 Å². The number of hydrogen-bond acceptors (Lipinski definition) is 5. The molecule has 0 aromatic carbocycles. The molecule has 0 aromatic heterocycles. The SMILES string of the molecule is COC1CCC(C2CSC(NC(=O)C3CCCC(C)C3C3CCCCC3C(=O)O)N2)CC1. The summed E-state index contributed by atoms with van der Waals surface area (Å²) in [5.41, 5.74) is -0.0212. The molecule has 6 nitrogen and oxygen atoms in total. The lowest BCUT2D eigenvalue weighted by Gasteiger charge is -2.44. The largest absolute Gasteiger partial charge is 0.481 e. The first-order valence-corrected chi connectivity index (χ1v) is 14.0. The van der Waals surface area contributed by atoms with Crippen molar-refractivity contribution in [1.82, 2.24) is 10.6 Å². The summed E-state index contributed by atoms with van der Waals surface area (Å²) in [6.45, 7) is 2.24. The lowest BCUT2D eigenvalue weighted by Crippen LogP contribution is -2.51. The Morgan fingerprint density at radius 3 is 2.41 bits per heavy atom. The number of ether oxygens (including phenoxy) is 1. The van der Waals surface area contributed by atoms with Gasteiger partial charge in [-0.3, -0.25) is 14.9 Å². The second-order valence-corrected chi connectivity index (χ2v) is 11.9. The predicted molar refractivity (Wildman–Crippen MR) is 127 cm³/mol. The highest BCUT2D eigenvalue weighted by molar-refractivity contribution is 8.00. The van der Waals surface area contributed by atoms with Gasteiger partial charge < -0.3 is 15.2 Å². The molecule has 7 unspecified atom stereocenters. The van der Waals surface area contributed by atoms with Crippen molar-refractivity contribution in [2.45, 2.75) is 95.2 Å². The van der Waals surface area contributed by atoms with Crippen LogP contribution in [0.2, 0.25) is 0 Å². The van der Waals surface area contributed by atoms with E-state index in [1.807, 2.05) is 18.9 Å². The number of thioether (sulfide) groups is 1. The molecule has 1 aliphatic heterocycles. The summed E-state index contributed by atoms with van der Waals surface area (Å²) >= 11 is 1.82. The van der Waals surface area contributed by atoms with Gasteiger partial charge in [-0.2, -0.15) is 0 Å². The summed E-state index contributed by atoms with van der Waals surface area (Å²) in [5, 5.41) is 16.8. The minimum absolute atomic E-state index is 0.0212. The van der Waals surface area contributed by atoms with Crippen LogP contribution >= 0.6 is 11.8 Å². The number of amides is 1. The van der Waals surface area contributed by atoms with E-state index in [2.05, 4.69) is 17.6 Å². The molecular formula is C25H42N2O4S. The molecule has 7 heteroatoms. The average molecular weight is 467 g/mol. The van der Waals surface area contributed by atoms with Crippen LogP contribution < -0.4 is 10.6 Å². The third-order valence-electron chi connectivity index (χ3n) is 8.97. The summed E-state index contributed by atoms with van der Waals surface area (Å²) in [5.74, 6) is 1.60. The highest BCUT2D eigenvalue weighted by Crippen LogP contribution is 2.47. The summed E-state index contributed by atoms with van der Waals surface area (Å²) in [6.07, 6.45) is 12.0. The first kappa shape index (κ1) is 24.3. The molecule has 3 aliphatic carbocycles. The predicted octanol–water partition coefficient (Wildman–Crippen LogP) is 4.24. The standard InChI is InChI=1S/C25H42N2O4S/c1-15-6-5-9-20(22(15)18-7-3-4-8-19(18)24(29)30)23(28)27-25-26-21(14-32-25)16-10-12-17(31-2)13-11-16/h15-22,25-26H,3-14H2,1-2H3,(H,27,28)(H,29,30). The molecule has 4 aliphatic rings. The number of aliphatic carboxylic acids is 1. The molecule has 0 bridgehead atoms. The Kier molecular flexibility index (Phi) is 8.43. The van der Waals surface area contributed by atoms with Crippen molar-refractivity contribution in [3.8, 4) is 0 Å². The van der Waals surface area contributed by atoms with Gasteiger partial charge in [0, 0.05) is 24.8 Å². The van der Waals surface area contributed by atoms with Gasteiger partial charge in [0.05, 0.1) is 12.0 Å². The van der Waals surface area contributed by atoms with E-state index in [1.165, 1.54) is 12.8 Å². The monoisotopic (exact) mass is 466 g/mol. The molecule has 7 atom stereocenters. The Balaban J connectivity index is 1.36.